The molecular weight excluding hydrogens is 408 g/mol. The standard InChI is InChI=1S/C20H18N4O5S/c1-28-18(26)13-9-6-7-11-24(16(13)19(27)29-2)14-10-5-4-8-12(14)15-17(25)21-20(30-3)23-22-15/h4-11H,1-3H3,(H,21,23,25). The van der Waals surface area contributed by atoms with Crippen LogP contribution in [0.25, 0.3) is 11.3 Å². The first-order valence-electron chi connectivity index (χ1n) is 8.67. The van der Waals surface area contributed by atoms with Crippen molar-refractivity contribution in [2.75, 3.05) is 25.4 Å². The molecule has 30 heavy (non-hydrogen) atoms. The molecule has 0 unspecified atom stereocenters. The van der Waals surface area contributed by atoms with Crippen LogP contribution >= 0.6 is 11.8 Å². The van der Waals surface area contributed by atoms with Crippen molar-refractivity contribution in [3.8, 4) is 11.3 Å². The van der Waals surface area contributed by atoms with Gasteiger partial charge in [-0.2, -0.15) is 0 Å². The summed E-state index contributed by atoms with van der Waals surface area (Å²) in [7, 11) is 2.43. The number of methoxy groups -OCH3 is 2. The Morgan fingerprint density at radius 1 is 1.07 bits per heavy atom. The zero-order valence-corrected chi connectivity index (χ0v) is 17.2. The Morgan fingerprint density at radius 3 is 2.47 bits per heavy atom. The molecule has 1 aromatic carbocycles. The molecule has 0 radical (unpaired) electrons. The minimum absolute atomic E-state index is 0.00174. The number of thioether (sulfide) groups is 1. The van der Waals surface area contributed by atoms with Crippen LogP contribution < -0.4 is 10.5 Å². The number of hydrogen-bond donors (Lipinski definition) is 1. The maximum Gasteiger partial charge on any atom is 0.355 e. The second-order valence-electron chi connectivity index (χ2n) is 5.85. The third-order valence-corrected chi connectivity index (χ3v) is 4.75. The highest BCUT2D eigenvalue weighted by atomic mass is 32.2. The van der Waals surface area contributed by atoms with Gasteiger partial charge >= 0.3 is 11.9 Å². The topological polar surface area (TPSA) is 114 Å². The number of esters is 2. The van der Waals surface area contributed by atoms with Crippen molar-refractivity contribution < 1.29 is 19.1 Å². The molecule has 0 atom stereocenters. The van der Waals surface area contributed by atoms with E-state index in [2.05, 4.69) is 15.2 Å². The number of benzene rings is 1. The van der Waals surface area contributed by atoms with Crippen LogP contribution in [-0.4, -0.2) is 47.6 Å². The average molecular weight is 426 g/mol. The van der Waals surface area contributed by atoms with Gasteiger partial charge in [0.1, 0.15) is 5.70 Å². The van der Waals surface area contributed by atoms with E-state index < -0.39 is 17.5 Å². The minimum Gasteiger partial charge on any atom is -0.465 e. The number of H-pyrrole nitrogens is 1. The first kappa shape index (κ1) is 21.1. The lowest BCUT2D eigenvalue weighted by Gasteiger charge is -2.25. The maximum atomic E-state index is 12.6. The van der Waals surface area contributed by atoms with Crippen LogP contribution in [0.5, 0.6) is 0 Å². The van der Waals surface area contributed by atoms with Crippen molar-refractivity contribution in [3.05, 3.63) is 70.3 Å². The summed E-state index contributed by atoms with van der Waals surface area (Å²) in [5, 5.41) is 8.43. The smallest absolute Gasteiger partial charge is 0.355 e. The van der Waals surface area contributed by atoms with E-state index in [1.165, 1.54) is 37.0 Å². The molecule has 0 fully saturated rings. The second kappa shape index (κ2) is 9.23. The molecule has 3 rings (SSSR count). The number of para-hydroxylation sites is 1. The molecule has 1 N–H and O–H groups in total. The van der Waals surface area contributed by atoms with E-state index in [0.717, 1.165) is 0 Å². The Balaban J connectivity index is 2.25. The summed E-state index contributed by atoms with van der Waals surface area (Å²) in [4.78, 5) is 41.7. The molecule has 0 aliphatic carbocycles. The second-order valence-corrected chi connectivity index (χ2v) is 6.64. The third-order valence-electron chi connectivity index (χ3n) is 4.18. The summed E-state index contributed by atoms with van der Waals surface area (Å²) in [5.41, 5.74) is 0.411. The van der Waals surface area contributed by atoms with Crippen LogP contribution in [0.3, 0.4) is 0 Å². The van der Waals surface area contributed by atoms with Gasteiger partial charge in [0.15, 0.2) is 10.9 Å². The highest BCUT2D eigenvalue weighted by Crippen LogP contribution is 2.33. The Kier molecular flexibility index (Phi) is 6.48. The predicted molar refractivity (Wildman–Crippen MR) is 112 cm³/mol. The van der Waals surface area contributed by atoms with Gasteiger partial charge in [-0.25, -0.2) is 9.59 Å². The predicted octanol–water partition coefficient (Wildman–Crippen LogP) is 2.04. The van der Waals surface area contributed by atoms with Gasteiger partial charge in [-0.3, -0.25) is 9.78 Å². The molecule has 154 valence electrons. The SMILES string of the molecule is COC(=O)C1=C(C(=O)OC)N(c2ccccc2-c2nnc(SC)[nH]c2=O)C=CC=C1. The van der Waals surface area contributed by atoms with Gasteiger partial charge in [0.05, 0.1) is 25.5 Å². The molecule has 9 nitrogen and oxygen atoms in total. The number of hydrogen-bond acceptors (Lipinski definition) is 9. The van der Waals surface area contributed by atoms with Crippen LogP contribution in [0.1, 0.15) is 0 Å². The molecule has 0 saturated heterocycles. The molecule has 2 aromatic rings. The summed E-state index contributed by atoms with van der Waals surface area (Å²) >= 11 is 1.26. The maximum absolute atomic E-state index is 12.6. The number of carbonyl (C=O) groups is 2. The molecule has 0 bridgehead atoms. The summed E-state index contributed by atoms with van der Waals surface area (Å²) in [6, 6.07) is 6.82. The van der Waals surface area contributed by atoms with E-state index in [0.29, 0.717) is 16.4 Å². The molecule has 10 heteroatoms. The lowest BCUT2D eigenvalue weighted by Crippen LogP contribution is -2.27. The molecular formula is C20H18N4O5S. The highest BCUT2D eigenvalue weighted by Gasteiger charge is 2.29. The van der Waals surface area contributed by atoms with E-state index in [1.54, 1.807) is 48.9 Å². The molecule has 2 heterocycles. The third kappa shape index (κ3) is 4.03. The number of allylic oxidation sites excluding steroid dienone is 2. The van der Waals surface area contributed by atoms with Gasteiger partial charge in [-0.05, 0) is 24.5 Å². The number of ether oxygens (including phenoxy) is 2. The van der Waals surface area contributed by atoms with Crippen LogP contribution in [-0.2, 0) is 19.1 Å². The molecule has 0 saturated carbocycles. The normalized spacial score (nSPS) is 13.2. The fourth-order valence-electron chi connectivity index (χ4n) is 2.83. The molecule has 1 aliphatic heterocycles. The highest BCUT2D eigenvalue weighted by molar-refractivity contribution is 7.98. The van der Waals surface area contributed by atoms with Crippen LogP contribution in [0.2, 0.25) is 0 Å². The number of anilines is 1. The van der Waals surface area contributed by atoms with E-state index >= 15 is 0 Å². The van der Waals surface area contributed by atoms with Crippen molar-refractivity contribution in [2.45, 2.75) is 5.16 Å². The quantitative estimate of drug-likeness (QED) is 0.566. The van der Waals surface area contributed by atoms with Gasteiger partial charge in [0.25, 0.3) is 5.56 Å². The number of aromatic nitrogens is 3. The van der Waals surface area contributed by atoms with Crippen LogP contribution in [0.4, 0.5) is 5.69 Å². The van der Waals surface area contributed by atoms with Crippen molar-refractivity contribution in [1.82, 2.24) is 15.2 Å². The average Bonchev–Trinajstić information content (AvgIpc) is 3.01. The van der Waals surface area contributed by atoms with E-state index in [-0.39, 0.29) is 17.0 Å². The molecule has 0 amide bonds. The number of nitrogens with zero attached hydrogens (tertiary/aromatic N) is 3. The monoisotopic (exact) mass is 426 g/mol. The Morgan fingerprint density at radius 2 is 1.80 bits per heavy atom. The van der Waals surface area contributed by atoms with Gasteiger partial charge in [-0.15, -0.1) is 10.2 Å². The number of aromatic amines is 1. The number of carbonyl (C=O) groups excluding carboxylic acids is 2. The summed E-state index contributed by atoms with van der Waals surface area (Å²) in [6.45, 7) is 0. The van der Waals surface area contributed by atoms with E-state index in [4.69, 9.17) is 9.47 Å². The zero-order chi connectivity index (χ0) is 21.7. The van der Waals surface area contributed by atoms with Gasteiger partial charge < -0.3 is 14.4 Å². The van der Waals surface area contributed by atoms with Gasteiger partial charge in [-0.1, -0.05) is 36.0 Å². The summed E-state index contributed by atoms with van der Waals surface area (Å²) in [6.07, 6.45) is 8.04. The largest absolute Gasteiger partial charge is 0.465 e. The van der Waals surface area contributed by atoms with E-state index in [1.807, 2.05) is 0 Å². The van der Waals surface area contributed by atoms with E-state index in [9.17, 15) is 14.4 Å². The van der Waals surface area contributed by atoms with Crippen molar-refractivity contribution >= 4 is 29.4 Å². The van der Waals surface area contributed by atoms with Crippen LogP contribution in [0.15, 0.2) is 69.9 Å². The minimum atomic E-state index is -0.751. The first-order valence-corrected chi connectivity index (χ1v) is 9.89. The lowest BCUT2D eigenvalue weighted by atomic mass is 10.1. The van der Waals surface area contributed by atoms with Gasteiger partial charge in [0, 0.05) is 11.8 Å². The van der Waals surface area contributed by atoms with Crippen LogP contribution in [0, 0.1) is 0 Å². The first-order chi connectivity index (χ1) is 14.5. The van der Waals surface area contributed by atoms with Crippen molar-refractivity contribution in [2.24, 2.45) is 0 Å². The Bertz CT molecular complexity index is 1140. The fourth-order valence-corrected chi connectivity index (χ4v) is 3.14. The molecule has 1 aromatic heterocycles. The summed E-state index contributed by atoms with van der Waals surface area (Å²) < 4.78 is 9.73. The Labute approximate surface area is 176 Å². The zero-order valence-electron chi connectivity index (χ0n) is 16.4. The summed E-state index contributed by atoms with van der Waals surface area (Å²) in [5.74, 6) is -1.46. The fraction of sp³-hybridized carbons (Fsp3) is 0.150. The van der Waals surface area contributed by atoms with Crippen molar-refractivity contribution in [3.63, 3.8) is 0 Å². The van der Waals surface area contributed by atoms with Gasteiger partial charge in [0.2, 0.25) is 0 Å². The number of rotatable bonds is 5. The Hall–Kier alpha value is -3.66. The lowest BCUT2D eigenvalue weighted by molar-refractivity contribution is -0.139. The number of nitrogens with one attached hydrogen (secondary N) is 1. The van der Waals surface area contributed by atoms with Crippen molar-refractivity contribution in [1.29, 1.82) is 0 Å². The molecule has 0 spiro atoms. The molecule has 1 aliphatic rings.